The van der Waals surface area contributed by atoms with Crippen LogP contribution < -0.4 is 5.32 Å². The first kappa shape index (κ1) is 18.0. The molecule has 1 amide bonds. The van der Waals surface area contributed by atoms with E-state index >= 15 is 0 Å². The molecule has 0 aliphatic heterocycles. The maximum atomic E-state index is 12.3. The van der Waals surface area contributed by atoms with E-state index in [4.69, 9.17) is 0 Å². The smallest absolute Gasteiger partial charge is 0.251 e. The molecule has 0 saturated carbocycles. The third kappa shape index (κ3) is 3.72. The van der Waals surface area contributed by atoms with Crippen molar-refractivity contribution in [2.45, 2.75) is 20.3 Å². The Labute approximate surface area is 155 Å². The van der Waals surface area contributed by atoms with Gasteiger partial charge in [-0.05, 0) is 24.6 Å². The highest BCUT2D eigenvalue weighted by Crippen LogP contribution is 2.24. The van der Waals surface area contributed by atoms with Gasteiger partial charge in [-0.15, -0.1) is 11.3 Å². The summed E-state index contributed by atoms with van der Waals surface area (Å²) in [7, 11) is 1.74. The third-order valence-electron chi connectivity index (χ3n) is 4.21. The minimum Gasteiger partial charge on any atom is -0.352 e. The maximum Gasteiger partial charge on any atom is 0.251 e. The molecule has 6 nitrogen and oxygen atoms in total. The first-order chi connectivity index (χ1) is 12.5. The highest BCUT2D eigenvalue weighted by Gasteiger charge is 2.15. The van der Waals surface area contributed by atoms with Gasteiger partial charge in [0.15, 0.2) is 5.78 Å². The molecular weight excluding hydrogens is 348 g/mol. The Bertz CT molecular complexity index is 941. The number of nitrogens with one attached hydrogen (secondary N) is 1. The van der Waals surface area contributed by atoms with Crippen LogP contribution in [0.1, 0.15) is 38.3 Å². The van der Waals surface area contributed by atoms with Gasteiger partial charge in [0, 0.05) is 42.9 Å². The normalized spacial score (nSPS) is 10.7. The van der Waals surface area contributed by atoms with Gasteiger partial charge in [-0.25, -0.2) is 4.98 Å². The zero-order valence-electron chi connectivity index (χ0n) is 14.9. The van der Waals surface area contributed by atoms with Crippen molar-refractivity contribution in [3.63, 3.8) is 0 Å². The molecule has 2 aromatic heterocycles. The molecule has 0 fully saturated rings. The molecule has 0 aliphatic rings. The fourth-order valence-corrected chi connectivity index (χ4v) is 3.61. The minimum absolute atomic E-state index is 0.0415. The number of rotatable bonds is 6. The van der Waals surface area contributed by atoms with Crippen LogP contribution in [0.15, 0.2) is 36.0 Å². The standard InChI is InChI=1S/C19H20N4O2S/c1-12-17(26-11-21-12)8-9-20-19(25)15-6-4-14(5-7-15)16-10-22-23(3)18(16)13(2)24/h4-7,10-11H,8-9H2,1-3H3,(H,20,25). The second kappa shape index (κ2) is 7.61. The van der Waals surface area contributed by atoms with Crippen LogP contribution in [-0.4, -0.2) is 33.0 Å². The lowest BCUT2D eigenvalue weighted by Crippen LogP contribution is -2.25. The monoisotopic (exact) mass is 368 g/mol. The van der Waals surface area contributed by atoms with E-state index in [0.717, 1.165) is 23.2 Å². The summed E-state index contributed by atoms with van der Waals surface area (Å²) in [6.45, 7) is 4.06. The number of benzene rings is 1. The summed E-state index contributed by atoms with van der Waals surface area (Å²) in [5, 5.41) is 7.08. The van der Waals surface area contributed by atoms with Crippen LogP contribution in [-0.2, 0) is 13.5 Å². The Morgan fingerprint density at radius 3 is 2.58 bits per heavy atom. The largest absolute Gasteiger partial charge is 0.352 e. The van der Waals surface area contributed by atoms with E-state index in [2.05, 4.69) is 15.4 Å². The van der Waals surface area contributed by atoms with Crippen LogP contribution in [0.4, 0.5) is 0 Å². The van der Waals surface area contributed by atoms with Crippen LogP contribution in [0, 0.1) is 6.92 Å². The summed E-state index contributed by atoms with van der Waals surface area (Å²) >= 11 is 1.60. The van der Waals surface area contributed by atoms with Crippen molar-refractivity contribution >= 4 is 23.0 Å². The van der Waals surface area contributed by atoms with Gasteiger partial charge in [0.2, 0.25) is 0 Å². The highest BCUT2D eigenvalue weighted by atomic mass is 32.1. The second-order valence-electron chi connectivity index (χ2n) is 6.03. The van der Waals surface area contributed by atoms with Gasteiger partial charge in [-0.3, -0.25) is 14.3 Å². The Morgan fingerprint density at radius 2 is 1.96 bits per heavy atom. The van der Waals surface area contributed by atoms with E-state index in [1.54, 1.807) is 41.4 Å². The van der Waals surface area contributed by atoms with Gasteiger partial charge < -0.3 is 5.32 Å². The summed E-state index contributed by atoms with van der Waals surface area (Å²) in [6.07, 6.45) is 2.45. The Balaban J connectivity index is 1.67. The zero-order valence-corrected chi connectivity index (χ0v) is 15.8. The van der Waals surface area contributed by atoms with E-state index in [1.165, 1.54) is 11.8 Å². The quantitative estimate of drug-likeness (QED) is 0.679. The molecule has 7 heteroatoms. The molecule has 0 unspecified atom stereocenters. The molecule has 0 saturated heterocycles. The van der Waals surface area contributed by atoms with Crippen LogP contribution in [0.3, 0.4) is 0 Å². The van der Waals surface area contributed by atoms with Crippen LogP contribution >= 0.6 is 11.3 Å². The Morgan fingerprint density at radius 1 is 1.23 bits per heavy atom. The molecule has 3 aromatic rings. The van der Waals surface area contributed by atoms with Gasteiger partial charge in [-0.1, -0.05) is 12.1 Å². The van der Waals surface area contributed by atoms with E-state index < -0.39 is 0 Å². The number of aromatic nitrogens is 3. The number of carbonyl (C=O) groups excluding carboxylic acids is 2. The van der Waals surface area contributed by atoms with Gasteiger partial charge in [0.1, 0.15) is 5.69 Å². The fourth-order valence-electron chi connectivity index (χ4n) is 2.83. The number of thiazole rings is 1. The molecule has 26 heavy (non-hydrogen) atoms. The topological polar surface area (TPSA) is 76.9 Å². The number of amides is 1. The zero-order chi connectivity index (χ0) is 18.7. The average Bonchev–Trinajstić information content (AvgIpc) is 3.21. The molecule has 2 heterocycles. The Hall–Kier alpha value is -2.80. The van der Waals surface area contributed by atoms with Crippen molar-refractivity contribution in [1.82, 2.24) is 20.1 Å². The third-order valence-corrected chi connectivity index (χ3v) is 5.21. The lowest BCUT2D eigenvalue weighted by Gasteiger charge is -2.07. The Kier molecular flexibility index (Phi) is 5.27. The number of nitrogens with zero attached hydrogens (tertiary/aromatic N) is 3. The van der Waals surface area contributed by atoms with Gasteiger partial charge >= 0.3 is 0 Å². The number of aryl methyl sites for hydroxylation is 2. The lowest BCUT2D eigenvalue weighted by atomic mass is 10.0. The molecule has 0 aliphatic carbocycles. The highest BCUT2D eigenvalue weighted by molar-refractivity contribution is 7.09. The predicted molar refractivity (Wildman–Crippen MR) is 102 cm³/mol. The number of ketones is 1. The molecule has 134 valence electrons. The maximum absolute atomic E-state index is 12.3. The summed E-state index contributed by atoms with van der Waals surface area (Å²) in [4.78, 5) is 29.5. The van der Waals surface area contributed by atoms with Crippen molar-refractivity contribution in [2.24, 2.45) is 7.05 Å². The van der Waals surface area contributed by atoms with Gasteiger partial charge in [0.05, 0.1) is 17.4 Å². The molecular formula is C19H20N4O2S. The number of Topliss-reactive ketones (excluding diaryl/α,β-unsaturated/α-hetero) is 1. The van der Waals surface area contributed by atoms with Crippen molar-refractivity contribution in [2.75, 3.05) is 6.54 Å². The summed E-state index contributed by atoms with van der Waals surface area (Å²) in [5.41, 5.74) is 5.61. The summed E-state index contributed by atoms with van der Waals surface area (Å²) in [6, 6.07) is 7.20. The van der Waals surface area contributed by atoms with E-state index in [-0.39, 0.29) is 11.7 Å². The number of hydrogen-bond acceptors (Lipinski definition) is 5. The number of hydrogen-bond donors (Lipinski definition) is 1. The molecule has 0 bridgehead atoms. The fraction of sp³-hybridized carbons (Fsp3) is 0.263. The average molecular weight is 368 g/mol. The van der Waals surface area contributed by atoms with E-state index in [9.17, 15) is 9.59 Å². The number of carbonyl (C=O) groups is 2. The van der Waals surface area contributed by atoms with Crippen LogP contribution in [0.5, 0.6) is 0 Å². The lowest BCUT2D eigenvalue weighted by molar-refractivity contribution is 0.0953. The molecule has 1 aromatic carbocycles. The van der Waals surface area contributed by atoms with Crippen molar-refractivity contribution in [3.8, 4) is 11.1 Å². The summed E-state index contributed by atoms with van der Waals surface area (Å²) < 4.78 is 1.57. The second-order valence-corrected chi connectivity index (χ2v) is 6.97. The van der Waals surface area contributed by atoms with E-state index in [1.807, 2.05) is 24.6 Å². The molecule has 0 atom stereocenters. The van der Waals surface area contributed by atoms with Crippen LogP contribution in [0.25, 0.3) is 11.1 Å². The van der Waals surface area contributed by atoms with Crippen molar-refractivity contribution in [1.29, 1.82) is 0 Å². The van der Waals surface area contributed by atoms with E-state index in [0.29, 0.717) is 17.8 Å². The molecule has 0 radical (unpaired) electrons. The first-order valence-electron chi connectivity index (χ1n) is 8.28. The van der Waals surface area contributed by atoms with Crippen molar-refractivity contribution in [3.05, 3.63) is 57.8 Å². The molecule has 0 spiro atoms. The molecule has 1 N–H and O–H groups in total. The molecule has 3 rings (SSSR count). The van der Waals surface area contributed by atoms with Crippen LogP contribution in [0.2, 0.25) is 0 Å². The SMILES string of the molecule is CC(=O)c1c(-c2ccc(C(=O)NCCc3scnc3C)cc2)cnn1C. The summed E-state index contributed by atoms with van der Waals surface area (Å²) in [5.74, 6) is -0.156. The minimum atomic E-state index is -0.114. The van der Waals surface area contributed by atoms with Gasteiger partial charge in [-0.2, -0.15) is 5.10 Å². The van der Waals surface area contributed by atoms with Crippen molar-refractivity contribution < 1.29 is 9.59 Å². The first-order valence-corrected chi connectivity index (χ1v) is 9.16. The van der Waals surface area contributed by atoms with Gasteiger partial charge in [0.25, 0.3) is 5.91 Å². The predicted octanol–water partition coefficient (Wildman–Crippen LogP) is 3.03.